The van der Waals surface area contributed by atoms with Crippen molar-refractivity contribution in [2.75, 3.05) is 21.3 Å². The molecule has 0 bridgehead atoms. The fraction of sp³-hybridized carbons (Fsp3) is 0.308. The van der Waals surface area contributed by atoms with Crippen LogP contribution in [-0.2, 0) is 14.3 Å². The molecule has 0 amide bonds. The summed E-state index contributed by atoms with van der Waals surface area (Å²) < 4.78 is 16.1. The van der Waals surface area contributed by atoms with Crippen molar-refractivity contribution < 1.29 is 23.8 Å². The van der Waals surface area contributed by atoms with Crippen LogP contribution in [0.3, 0.4) is 0 Å². The number of ketones is 1. The van der Waals surface area contributed by atoms with Gasteiger partial charge in [0.05, 0.1) is 32.8 Å². The van der Waals surface area contributed by atoms with Crippen LogP contribution in [-0.4, -0.2) is 33.1 Å². The first-order valence-electron chi connectivity index (χ1n) is 10.7. The van der Waals surface area contributed by atoms with E-state index in [1.807, 2.05) is 37.3 Å². The number of benzene rings is 2. The number of ether oxygens (including phenoxy) is 3. The molecule has 0 fully saturated rings. The molecule has 2 atom stereocenters. The number of carbonyl (C=O) groups excluding carboxylic acids is 2. The zero-order valence-electron chi connectivity index (χ0n) is 19.0. The lowest BCUT2D eigenvalue weighted by Crippen LogP contribution is -2.36. The van der Waals surface area contributed by atoms with Gasteiger partial charge in [0.25, 0.3) is 0 Å². The van der Waals surface area contributed by atoms with Crippen LogP contribution in [0.15, 0.2) is 65.0 Å². The Hall–Kier alpha value is -3.25. The average molecular weight is 468 g/mol. The fourth-order valence-corrected chi connectivity index (χ4v) is 5.11. The molecule has 2 aromatic carbocycles. The molecule has 0 aromatic heterocycles. The highest BCUT2D eigenvalue weighted by atomic mass is 35.5. The molecule has 0 unspecified atom stereocenters. The van der Waals surface area contributed by atoms with E-state index in [0.717, 1.165) is 11.3 Å². The van der Waals surface area contributed by atoms with Gasteiger partial charge in [0.1, 0.15) is 11.5 Å². The van der Waals surface area contributed by atoms with Crippen LogP contribution < -0.4 is 14.8 Å². The first kappa shape index (κ1) is 22.9. The zero-order valence-corrected chi connectivity index (χ0v) is 19.8. The molecule has 6 nitrogen and oxygen atoms in total. The van der Waals surface area contributed by atoms with Gasteiger partial charge in [-0.25, -0.2) is 4.79 Å². The van der Waals surface area contributed by atoms with Gasteiger partial charge in [-0.3, -0.25) is 4.79 Å². The van der Waals surface area contributed by atoms with Crippen LogP contribution in [0, 0.1) is 0 Å². The topological polar surface area (TPSA) is 73.9 Å². The van der Waals surface area contributed by atoms with E-state index in [2.05, 4.69) is 5.32 Å². The molecule has 1 aliphatic heterocycles. The third-order valence-corrected chi connectivity index (χ3v) is 6.67. The highest BCUT2D eigenvalue weighted by Crippen LogP contribution is 2.48. The number of carbonyl (C=O) groups is 2. The largest absolute Gasteiger partial charge is 0.497 e. The highest BCUT2D eigenvalue weighted by Gasteiger charge is 2.42. The van der Waals surface area contributed by atoms with Crippen molar-refractivity contribution in [3.63, 3.8) is 0 Å². The second-order valence-electron chi connectivity index (χ2n) is 8.14. The summed E-state index contributed by atoms with van der Waals surface area (Å²) in [5, 5.41) is 3.96. The molecule has 0 saturated heterocycles. The second-order valence-corrected chi connectivity index (χ2v) is 8.55. The smallest absolute Gasteiger partial charge is 0.336 e. The molecule has 2 aliphatic rings. The zero-order chi connectivity index (χ0) is 23.7. The summed E-state index contributed by atoms with van der Waals surface area (Å²) in [5.41, 5.74) is 3.98. The molecule has 1 aliphatic carbocycles. The number of Topliss-reactive ketones (excluding diaryl/α,β-unsaturated/α-hetero) is 1. The lowest BCUT2D eigenvalue weighted by molar-refractivity contribution is -0.136. The average Bonchev–Trinajstić information content (AvgIpc) is 2.82. The Bertz CT molecular complexity index is 1180. The Morgan fingerprint density at radius 2 is 1.79 bits per heavy atom. The third-order valence-electron chi connectivity index (χ3n) is 6.33. The van der Waals surface area contributed by atoms with E-state index >= 15 is 0 Å². The number of allylic oxidation sites excluding steroid dienone is 3. The van der Waals surface area contributed by atoms with Gasteiger partial charge in [0.15, 0.2) is 5.78 Å². The molecule has 1 N–H and O–H groups in total. The SMILES string of the molecule is COC(=O)C1=C(C)NC2=C(C(=O)C[C@H](c3ccccc3Cl)C2)[C@@H]1c1cc(OC)ccc1OC. The van der Waals surface area contributed by atoms with Crippen LogP contribution in [0.2, 0.25) is 5.02 Å². The molecular formula is C26H26ClNO5. The van der Waals surface area contributed by atoms with E-state index in [4.69, 9.17) is 25.8 Å². The van der Waals surface area contributed by atoms with E-state index in [1.165, 1.54) is 7.11 Å². The molecule has 2 aromatic rings. The number of dihydropyridines is 1. The van der Waals surface area contributed by atoms with E-state index in [0.29, 0.717) is 51.8 Å². The van der Waals surface area contributed by atoms with Crippen LogP contribution in [0.25, 0.3) is 0 Å². The van der Waals surface area contributed by atoms with Gasteiger partial charge in [-0.15, -0.1) is 0 Å². The Balaban J connectivity index is 1.89. The summed E-state index contributed by atoms with van der Waals surface area (Å²) in [5.74, 6) is -0.0774. The molecular weight excluding hydrogens is 442 g/mol. The lowest BCUT2D eigenvalue weighted by atomic mass is 9.71. The van der Waals surface area contributed by atoms with Crippen LogP contribution >= 0.6 is 11.6 Å². The molecule has 33 heavy (non-hydrogen) atoms. The van der Waals surface area contributed by atoms with Crippen LogP contribution in [0.5, 0.6) is 11.5 Å². The van der Waals surface area contributed by atoms with Crippen molar-refractivity contribution in [3.05, 3.63) is 81.2 Å². The van der Waals surface area contributed by atoms with Crippen molar-refractivity contribution >= 4 is 23.4 Å². The number of hydrogen-bond donors (Lipinski definition) is 1. The first-order valence-corrected chi connectivity index (χ1v) is 11.1. The van der Waals surface area contributed by atoms with E-state index in [-0.39, 0.29) is 11.7 Å². The standard InChI is InChI=1S/C26H26ClNO5/c1-14-23(26(30)33-4)24(18-13-16(31-2)9-10-22(18)32-3)25-20(28-14)11-15(12-21(25)29)17-7-5-6-8-19(17)27/h5-10,13,15,24,28H,11-12H2,1-4H3/t15-,24-/m1/s1. The molecule has 172 valence electrons. The number of nitrogens with one attached hydrogen (secondary N) is 1. The Kier molecular flexibility index (Phi) is 6.47. The first-order chi connectivity index (χ1) is 15.9. The van der Waals surface area contributed by atoms with Gasteiger partial charge >= 0.3 is 5.97 Å². The van der Waals surface area contributed by atoms with Gasteiger partial charge < -0.3 is 19.5 Å². The van der Waals surface area contributed by atoms with Gasteiger partial charge in [-0.1, -0.05) is 29.8 Å². The summed E-state index contributed by atoms with van der Waals surface area (Å²) in [6.07, 6.45) is 0.889. The van der Waals surface area contributed by atoms with E-state index < -0.39 is 11.9 Å². The molecule has 4 rings (SSSR count). The minimum atomic E-state index is -0.640. The molecule has 7 heteroatoms. The maximum absolute atomic E-state index is 13.6. The predicted molar refractivity (Wildman–Crippen MR) is 126 cm³/mol. The van der Waals surface area contributed by atoms with Gasteiger partial charge in [-0.05, 0) is 49.1 Å². The third kappa shape index (κ3) is 4.11. The Morgan fingerprint density at radius 1 is 1.03 bits per heavy atom. The van der Waals surface area contributed by atoms with Crippen molar-refractivity contribution in [1.29, 1.82) is 0 Å². The number of esters is 1. The highest BCUT2D eigenvalue weighted by molar-refractivity contribution is 6.31. The molecule has 0 saturated carbocycles. The molecule has 1 heterocycles. The van der Waals surface area contributed by atoms with Gasteiger partial charge in [0.2, 0.25) is 0 Å². The summed E-state index contributed by atoms with van der Waals surface area (Å²) in [4.78, 5) is 26.5. The maximum atomic E-state index is 13.6. The van der Waals surface area contributed by atoms with E-state index in [1.54, 1.807) is 26.4 Å². The number of halogens is 1. The lowest BCUT2D eigenvalue weighted by Gasteiger charge is -2.37. The van der Waals surface area contributed by atoms with Crippen molar-refractivity contribution in [1.82, 2.24) is 5.32 Å². The minimum Gasteiger partial charge on any atom is -0.497 e. The predicted octanol–water partition coefficient (Wildman–Crippen LogP) is 4.89. The van der Waals surface area contributed by atoms with Crippen molar-refractivity contribution in [2.24, 2.45) is 0 Å². The van der Waals surface area contributed by atoms with Crippen LogP contribution in [0.4, 0.5) is 0 Å². The Morgan fingerprint density at radius 3 is 2.45 bits per heavy atom. The normalized spacial score (nSPS) is 20.2. The maximum Gasteiger partial charge on any atom is 0.336 e. The van der Waals surface area contributed by atoms with Gasteiger partial charge in [-0.2, -0.15) is 0 Å². The van der Waals surface area contributed by atoms with Gasteiger partial charge in [0, 0.05) is 34.0 Å². The Labute approximate surface area is 198 Å². The quantitative estimate of drug-likeness (QED) is 0.631. The molecule has 0 spiro atoms. The summed E-state index contributed by atoms with van der Waals surface area (Å²) >= 11 is 6.44. The number of rotatable bonds is 5. The summed E-state index contributed by atoms with van der Waals surface area (Å²) in [7, 11) is 4.47. The van der Waals surface area contributed by atoms with Crippen molar-refractivity contribution in [3.8, 4) is 11.5 Å². The monoisotopic (exact) mass is 467 g/mol. The molecule has 0 radical (unpaired) electrons. The second kappa shape index (κ2) is 9.32. The number of hydrogen-bond acceptors (Lipinski definition) is 6. The summed E-state index contributed by atoms with van der Waals surface area (Å²) in [6.45, 7) is 1.82. The fourth-order valence-electron chi connectivity index (χ4n) is 4.82. The summed E-state index contributed by atoms with van der Waals surface area (Å²) in [6, 6.07) is 13.0. The number of methoxy groups -OCH3 is 3. The minimum absolute atomic E-state index is 0.0440. The van der Waals surface area contributed by atoms with E-state index in [9.17, 15) is 9.59 Å². The van der Waals surface area contributed by atoms with Crippen LogP contribution in [0.1, 0.15) is 42.7 Å². The van der Waals surface area contributed by atoms with Crippen molar-refractivity contribution in [2.45, 2.75) is 31.6 Å².